The van der Waals surface area contributed by atoms with Crippen LogP contribution in [0.2, 0.25) is 0 Å². The SMILES string of the molecule is Cc1ccn2c(CN3CCCC(C)C3)c(-c3ccc(N)cc3)nc2c1. The number of imidazole rings is 1. The van der Waals surface area contributed by atoms with Gasteiger partial charge in [0.2, 0.25) is 0 Å². The van der Waals surface area contributed by atoms with E-state index in [1.54, 1.807) is 0 Å². The minimum atomic E-state index is 0.773. The Morgan fingerprint density at radius 2 is 2.00 bits per heavy atom. The van der Waals surface area contributed by atoms with Crippen LogP contribution in [-0.4, -0.2) is 27.4 Å². The maximum absolute atomic E-state index is 5.87. The quantitative estimate of drug-likeness (QED) is 0.733. The molecular formula is C21H26N4. The number of rotatable bonds is 3. The smallest absolute Gasteiger partial charge is 0.137 e. The zero-order valence-corrected chi connectivity index (χ0v) is 15.1. The van der Waals surface area contributed by atoms with Gasteiger partial charge in [-0.15, -0.1) is 0 Å². The van der Waals surface area contributed by atoms with Crippen molar-refractivity contribution < 1.29 is 0 Å². The second-order valence-electron chi connectivity index (χ2n) is 7.44. The lowest BCUT2D eigenvalue weighted by molar-refractivity contribution is 0.174. The zero-order valence-electron chi connectivity index (χ0n) is 15.1. The summed E-state index contributed by atoms with van der Waals surface area (Å²) in [6, 6.07) is 12.4. The molecule has 3 aromatic rings. The predicted molar refractivity (Wildman–Crippen MR) is 103 cm³/mol. The van der Waals surface area contributed by atoms with Gasteiger partial charge >= 0.3 is 0 Å². The Kier molecular flexibility index (Phi) is 4.22. The second kappa shape index (κ2) is 6.52. The summed E-state index contributed by atoms with van der Waals surface area (Å²) >= 11 is 0. The third kappa shape index (κ3) is 3.27. The highest BCUT2D eigenvalue weighted by molar-refractivity contribution is 5.68. The van der Waals surface area contributed by atoms with Gasteiger partial charge in [-0.05, 0) is 62.1 Å². The highest BCUT2D eigenvalue weighted by Crippen LogP contribution is 2.28. The summed E-state index contributed by atoms with van der Waals surface area (Å²) in [6.45, 7) is 7.74. The monoisotopic (exact) mass is 334 g/mol. The largest absolute Gasteiger partial charge is 0.399 e. The summed E-state index contributed by atoms with van der Waals surface area (Å²) in [5.74, 6) is 0.773. The van der Waals surface area contributed by atoms with E-state index in [0.29, 0.717) is 0 Å². The molecule has 1 aliphatic rings. The van der Waals surface area contributed by atoms with E-state index in [-0.39, 0.29) is 0 Å². The van der Waals surface area contributed by atoms with E-state index in [9.17, 15) is 0 Å². The summed E-state index contributed by atoms with van der Waals surface area (Å²) < 4.78 is 2.25. The number of fused-ring (bicyclic) bond motifs is 1. The molecule has 2 aromatic heterocycles. The number of hydrogen-bond acceptors (Lipinski definition) is 3. The Morgan fingerprint density at radius 3 is 2.76 bits per heavy atom. The normalized spacial score (nSPS) is 18.7. The van der Waals surface area contributed by atoms with Crippen LogP contribution in [-0.2, 0) is 6.54 Å². The first-order chi connectivity index (χ1) is 12.1. The number of benzene rings is 1. The second-order valence-corrected chi connectivity index (χ2v) is 7.44. The Bertz CT molecular complexity index is 879. The molecule has 0 amide bonds. The lowest BCUT2D eigenvalue weighted by Gasteiger charge is -2.30. The van der Waals surface area contributed by atoms with Crippen LogP contribution in [0, 0.1) is 12.8 Å². The number of hydrogen-bond donors (Lipinski definition) is 1. The van der Waals surface area contributed by atoms with Crippen molar-refractivity contribution in [2.75, 3.05) is 18.8 Å². The Hall–Kier alpha value is -2.33. The van der Waals surface area contributed by atoms with Gasteiger partial charge in [0, 0.05) is 30.5 Å². The molecule has 1 saturated heterocycles. The molecule has 0 aliphatic carbocycles. The first-order valence-corrected chi connectivity index (χ1v) is 9.16. The number of piperidine rings is 1. The summed E-state index contributed by atoms with van der Waals surface area (Å²) in [7, 11) is 0. The fourth-order valence-electron chi connectivity index (χ4n) is 3.86. The molecule has 3 heterocycles. The van der Waals surface area contributed by atoms with Gasteiger partial charge in [-0.1, -0.05) is 19.1 Å². The lowest BCUT2D eigenvalue weighted by Crippen LogP contribution is -2.34. The molecule has 1 fully saturated rings. The number of aryl methyl sites for hydroxylation is 1. The number of nitrogens with two attached hydrogens (primary N) is 1. The molecule has 1 aromatic carbocycles. The van der Waals surface area contributed by atoms with Gasteiger partial charge in [0.05, 0.1) is 11.4 Å². The third-order valence-corrected chi connectivity index (χ3v) is 5.18. The van der Waals surface area contributed by atoms with Gasteiger partial charge in [0.1, 0.15) is 5.65 Å². The molecule has 4 heteroatoms. The standard InChI is InChI=1S/C21H26N4/c1-15-9-11-25-19(14-24-10-3-4-16(2)13-24)21(23-20(25)12-15)17-5-7-18(22)8-6-17/h5-9,11-12,16H,3-4,10,13-14,22H2,1-2H3. The minimum Gasteiger partial charge on any atom is -0.399 e. The number of nitrogen functional groups attached to an aromatic ring is 1. The highest BCUT2D eigenvalue weighted by atomic mass is 15.2. The Labute approximate surface area is 149 Å². The summed E-state index contributed by atoms with van der Waals surface area (Å²) in [6.07, 6.45) is 4.78. The first kappa shape index (κ1) is 16.2. The van der Waals surface area contributed by atoms with Gasteiger partial charge in [0.15, 0.2) is 0 Å². The molecule has 1 aliphatic heterocycles. The first-order valence-electron chi connectivity index (χ1n) is 9.16. The summed E-state index contributed by atoms with van der Waals surface area (Å²) in [5.41, 5.74) is 12.4. The third-order valence-electron chi connectivity index (χ3n) is 5.18. The van der Waals surface area contributed by atoms with E-state index in [0.717, 1.165) is 35.1 Å². The topological polar surface area (TPSA) is 46.6 Å². The minimum absolute atomic E-state index is 0.773. The fraction of sp³-hybridized carbons (Fsp3) is 0.381. The van der Waals surface area contributed by atoms with E-state index in [4.69, 9.17) is 10.7 Å². The number of aromatic nitrogens is 2. The zero-order chi connectivity index (χ0) is 17.4. The van der Waals surface area contributed by atoms with Crippen LogP contribution in [0.4, 0.5) is 5.69 Å². The van der Waals surface area contributed by atoms with Crippen LogP contribution in [0.1, 0.15) is 31.0 Å². The number of anilines is 1. The van der Waals surface area contributed by atoms with Crippen molar-refractivity contribution >= 4 is 11.3 Å². The molecule has 25 heavy (non-hydrogen) atoms. The van der Waals surface area contributed by atoms with Gasteiger partial charge in [-0.3, -0.25) is 4.90 Å². The molecule has 4 rings (SSSR count). The maximum Gasteiger partial charge on any atom is 0.137 e. The average Bonchev–Trinajstić information content (AvgIpc) is 2.93. The van der Waals surface area contributed by atoms with E-state index in [2.05, 4.69) is 53.6 Å². The number of pyridine rings is 1. The Balaban J connectivity index is 1.79. The number of likely N-dealkylation sites (tertiary alicyclic amines) is 1. The van der Waals surface area contributed by atoms with Crippen LogP contribution in [0.15, 0.2) is 42.6 Å². The molecule has 1 atom stereocenters. The van der Waals surface area contributed by atoms with Gasteiger partial charge in [-0.2, -0.15) is 0 Å². The predicted octanol–water partition coefficient (Wildman–Crippen LogP) is 4.12. The Morgan fingerprint density at radius 1 is 1.20 bits per heavy atom. The summed E-state index contributed by atoms with van der Waals surface area (Å²) in [4.78, 5) is 7.52. The van der Waals surface area contributed by atoms with Crippen molar-refractivity contribution in [3.63, 3.8) is 0 Å². The van der Waals surface area contributed by atoms with Gasteiger partial charge in [0.25, 0.3) is 0 Å². The van der Waals surface area contributed by atoms with Crippen molar-refractivity contribution in [2.45, 2.75) is 33.2 Å². The van der Waals surface area contributed by atoms with Crippen LogP contribution in [0.5, 0.6) is 0 Å². The molecule has 130 valence electrons. The van der Waals surface area contributed by atoms with Crippen LogP contribution < -0.4 is 5.73 Å². The average molecular weight is 334 g/mol. The van der Waals surface area contributed by atoms with E-state index in [1.165, 1.54) is 37.2 Å². The van der Waals surface area contributed by atoms with Crippen molar-refractivity contribution in [2.24, 2.45) is 5.92 Å². The van der Waals surface area contributed by atoms with Crippen LogP contribution in [0.25, 0.3) is 16.9 Å². The molecular weight excluding hydrogens is 308 g/mol. The molecule has 1 unspecified atom stereocenters. The van der Waals surface area contributed by atoms with Crippen LogP contribution in [0.3, 0.4) is 0 Å². The summed E-state index contributed by atoms with van der Waals surface area (Å²) in [5, 5.41) is 0. The van der Waals surface area contributed by atoms with Crippen molar-refractivity contribution in [1.29, 1.82) is 0 Å². The van der Waals surface area contributed by atoms with E-state index >= 15 is 0 Å². The fourth-order valence-corrected chi connectivity index (χ4v) is 3.86. The van der Waals surface area contributed by atoms with Crippen molar-refractivity contribution in [3.05, 3.63) is 53.9 Å². The van der Waals surface area contributed by atoms with Crippen molar-refractivity contribution in [1.82, 2.24) is 14.3 Å². The maximum atomic E-state index is 5.87. The van der Waals surface area contributed by atoms with Crippen LogP contribution >= 0.6 is 0 Å². The highest BCUT2D eigenvalue weighted by Gasteiger charge is 2.21. The van der Waals surface area contributed by atoms with Gasteiger partial charge in [-0.25, -0.2) is 4.98 Å². The van der Waals surface area contributed by atoms with Crippen molar-refractivity contribution in [3.8, 4) is 11.3 Å². The van der Waals surface area contributed by atoms with Gasteiger partial charge < -0.3 is 10.1 Å². The molecule has 0 saturated carbocycles. The number of nitrogens with zero attached hydrogens (tertiary/aromatic N) is 3. The van der Waals surface area contributed by atoms with E-state index < -0.39 is 0 Å². The lowest BCUT2D eigenvalue weighted by atomic mass is 10.00. The molecule has 0 radical (unpaired) electrons. The molecule has 0 bridgehead atoms. The molecule has 4 nitrogen and oxygen atoms in total. The molecule has 2 N–H and O–H groups in total. The van der Waals surface area contributed by atoms with E-state index in [1.807, 2.05) is 12.1 Å². The molecule has 0 spiro atoms.